The standard InChI is InChI=1S/C14H15F3O2/c1-19-11-4-2-3-10(12(11)15)13(18)9-5-7-14(16,17)8-6-9/h2-4,9H,5-8H2,1H3. The number of hydrogen-bond acceptors (Lipinski definition) is 2. The van der Waals surface area contributed by atoms with Crippen molar-refractivity contribution in [1.29, 1.82) is 0 Å². The third kappa shape index (κ3) is 2.91. The predicted octanol–water partition coefficient (Wildman–Crippen LogP) is 3.84. The average Bonchev–Trinajstić information content (AvgIpc) is 2.38. The van der Waals surface area contributed by atoms with Crippen LogP contribution in [0.15, 0.2) is 18.2 Å². The number of ketones is 1. The largest absolute Gasteiger partial charge is 0.494 e. The van der Waals surface area contributed by atoms with E-state index in [1.54, 1.807) is 0 Å². The van der Waals surface area contributed by atoms with Crippen LogP contribution in [0.2, 0.25) is 0 Å². The van der Waals surface area contributed by atoms with E-state index in [2.05, 4.69) is 0 Å². The number of ether oxygens (including phenoxy) is 1. The lowest BCUT2D eigenvalue weighted by molar-refractivity contribution is -0.0424. The number of hydrogen-bond donors (Lipinski definition) is 0. The molecule has 1 aliphatic carbocycles. The minimum atomic E-state index is -2.69. The van der Waals surface area contributed by atoms with Crippen molar-refractivity contribution in [3.8, 4) is 5.75 Å². The summed E-state index contributed by atoms with van der Waals surface area (Å²) in [5.41, 5.74) is -0.0745. The molecule has 0 saturated heterocycles. The van der Waals surface area contributed by atoms with Crippen LogP contribution in [-0.4, -0.2) is 18.8 Å². The molecule has 1 aromatic carbocycles. The minimum absolute atomic E-state index is 0.00742. The zero-order valence-electron chi connectivity index (χ0n) is 10.6. The SMILES string of the molecule is COc1cccc(C(=O)C2CCC(F)(F)CC2)c1F. The smallest absolute Gasteiger partial charge is 0.248 e. The molecule has 0 aromatic heterocycles. The number of methoxy groups -OCH3 is 1. The van der Waals surface area contributed by atoms with E-state index in [0.29, 0.717) is 0 Å². The molecule has 19 heavy (non-hydrogen) atoms. The number of carbonyl (C=O) groups excluding carboxylic acids is 1. The number of benzene rings is 1. The molecule has 1 fully saturated rings. The molecule has 0 aliphatic heterocycles. The van der Waals surface area contributed by atoms with E-state index >= 15 is 0 Å². The van der Waals surface area contributed by atoms with Gasteiger partial charge in [-0.05, 0) is 25.0 Å². The summed E-state index contributed by atoms with van der Waals surface area (Å²) in [6.45, 7) is 0. The van der Waals surface area contributed by atoms with Gasteiger partial charge < -0.3 is 4.74 Å². The highest BCUT2D eigenvalue weighted by molar-refractivity contribution is 5.98. The lowest BCUT2D eigenvalue weighted by atomic mass is 9.82. The van der Waals surface area contributed by atoms with E-state index in [-0.39, 0.29) is 37.0 Å². The quantitative estimate of drug-likeness (QED) is 0.781. The lowest BCUT2D eigenvalue weighted by Gasteiger charge is -2.27. The summed E-state index contributed by atoms with van der Waals surface area (Å²) in [6, 6.07) is 4.31. The molecule has 0 unspecified atom stereocenters. The molecule has 0 radical (unpaired) electrons. The molecule has 2 nitrogen and oxygen atoms in total. The van der Waals surface area contributed by atoms with Crippen LogP contribution >= 0.6 is 0 Å². The fourth-order valence-electron chi connectivity index (χ4n) is 2.38. The van der Waals surface area contributed by atoms with Gasteiger partial charge in [-0.1, -0.05) is 6.07 Å². The Labute approximate surface area is 109 Å². The Kier molecular flexibility index (Phi) is 3.83. The van der Waals surface area contributed by atoms with Gasteiger partial charge in [-0.15, -0.1) is 0 Å². The highest BCUT2D eigenvalue weighted by Gasteiger charge is 2.38. The maximum atomic E-state index is 13.9. The van der Waals surface area contributed by atoms with Crippen LogP contribution in [0.5, 0.6) is 5.75 Å². The third-order valence-electron chi connectivity index (χ3n) is 3.54. The van der Waals surface area contributed by atoms with Crippen molar-refractivity contribution in [3.63, 3.8) is 0 Å². The number of Topliss-reactive ketones (excluding diaryl/α,β-unsaturated/α-hetero) is 1. The van der Waals surface area contributed by atoms with Crippen LogP contribution in [0.4, 0.5) is 13.2 Å². The topological polar surface area (TPSA) is 26.3 Å². The van der Waals surface area contributed by atoms with E-state index in [0.717, 1.165) is 0 Å². The molecule has 0 bridgehead atoms. The Morgan fingerprint density at radius 3 is 2.53 bits per heavy atom. The number of alkyl halides is 2. The normalized spacial score (nSPS) is 19.2. The van der Waals surface area contributed by atoms with E-state index in [1.807, 2.05) is 0 Å². The van der Waals surface area contributed by atoms with Crippen molar-refractivity contribution < 1.29 is 22.7 Å². The van der Waals surface area contributed by atoms with Crippen LogP contribution in [0, 0.1) is 11.7 Å². The minimum Gasteiger partial charge on any atom is -0.494 e. The second-order valence-electron chi connectivity index (χ2n) is 4.82. The van der Waals surface area contributed by atoms with Crippen LogP contribution in [0.3, 0.4) is 0 Å². The van der Waals surface area contributed by atoms with Crippen molar-refractivity contribution >= 4 is 5.78 Å². The third-order valence-corrected chi connectivity index (χ3v) is 3.54. The van der Waals surface area contributed by atoms with E-state index in [1.165, 1.54) is 25.3 Å². The fourth-order valence-corrected chi connectivity index (χ4v) is 2.38. The van der Waals surface area contributed by atoms with E-state index < -0.39 is 23.4 Å². The predicted molar refractivity (Wildman–Crippen MR) is 64.2 cm³/mol. The van der Waals surface area contributed by atoms with Crippen LogP contribution in [0.25, 0.3) is 0 Å². The molecule has 0 N–H and O–H groups in total. The summed E-state index contributed by atoms with van der Waals surface area (Å²) in [5, 5.41) is 0. The summed E-state index contributed by atoms with van der Waals surface area (Å²) in [7, 11) is 1.31. The van der Waals surface area contributed by atoms with Gasteiger partial charge in [0.2, 0.25) is 5.92 Å². The summed E-state index contributed by atoms with van der Waals surface area (Å²) in [5.74, 6) is -4.35. The molecule has 0 atom stereocenters. The van der Waals surface area contributed by atoms with Gasteiger partial charge in [0.15, 0.2) is 17.3 Å². The van der Waals surface area contributed by atoms with Gasteiger partial charge in [0, 0.05) is 18.8 Å². The summed E-state index contributed by atoms with van der Waals surface area (Å²) < 4.78 is 44.8. The molecule has 1 aromatic rings. The van der Waals surface area contributed by atoms with Crippen LogP contribution in [-0.2, 0) is 0 Å². The van der Waals surface area contributed by atoms with Crippen molar-refractivity contribution in [2.75, 3.05) is 7.11 Å². The highest BCUT2D eigenvalue weighted by Crippen LogP contribution is 2.38. The van der Waals surface area contributed by atoms with Gasteiger partial charge in [-0.3, -0.25) is 4.79 Å². The van der Waals surface area contributed by atoms with Crippen molar-refractivity contribution in [3.05, 3.63) is 29.6 Å². The van der Waals surface area contributed by atoms with Gasteiger partial charge in [0.25, 0.3) is 0 Å². The van der Waals surface area contributed by atoms with Gasteiger partial charge in [-0.2, -0.15) is 0 Å². The average molecular weight is 272 g/mol. The molecular formula is C14H15F3O2. The Balaban J connectivity index is 2.17. The Bertz CT molecular complexity index is 476. The first kappa shape index (κ1) is 13.9. The van der Waals surface area contributed by atoms with Crippen LogP contribution in [0.1, 0.15) is 36.0 Å². The van der Waals surface area contributed by atoms with Gasteiger partial charge in [0.05, 0.1) is 12.7 Å². The Morgan fingerprint density at radius 1 is 1.32 bits per heavy atom. The number of carbonyl (C=O) groups is 1. The second kappa shape index (κ2) is 5.23. The molecule has 2 rings (SSSR count). The molecule has 1 saturated carbocycles. The monoisotopic (exact) mass is 272 g/mol. The molecule has 0 amide bonds. The molecule has 104 valence electrons. The zero-order chi connectivity index (χ0) is 14.0. The first-order valence-electron chi connectivity index (χ1n) is 6.19. The molecule has 1 aliphatic rings. The van der Waals surface area contributed by atoms with E-state index in [9.17, 15) is 18.0 Å². The van der Waals surface area contributed by atoms with Gasteiger partial charge >= 0.3 is 0 Å². The number of rotatable bonds is 3. The molecular weight excluding hydrogens is 257 g/mol. The molecule has 0 heterocycles. The van der Waals surface area contributed by atoms with Gasteiger partial charge in [-0.25, -0.2) is 13.2 Å². The number of halogens is 3. The molecule has 5 heteroatoms. The van der Waals surface area contributed by atoms with Gasteiger partial charge in [0.1, 0.15) is 0 Å². The van der Waals surface area contributed by atoms with Crippen molar-refractivity contribution in [1.82, 2.24) is 0 Å². The van der Waals surface area contributed by atoms with Crippen molar-refractivity contribution in [2.45, 2.75) is 31.6 Å². The lowest BCUT2D eigenvalue weighted by Crippen LogP contribution is -2.29. The summed E-state index contributed by atoms with van der Waals surface area (Å²) in [6.07, 6.45) is -0.422. The Morgan fingerprint density at radius 2 is 1.95 bits per heavy atom. The first-order valence-corrected chi connectivity index (χ1v) is 6.19. The first-order chi connectivity index (χ1) is 8.94. The summed E-state index contributed by atoms with van der Waals surface area (Å²) >= 11 is 0. The van der Waals surface area contributed by atoms with Crippen LogP contribution < -0.4 is 4.74 Å². The maximum absolute atomic E-state index is 13.9. The highest BCUT2D eigenvalue weighted by atomic mass is 19.3. The van der Waals surface area contributed by atoms with Crippen molar-refractivity contribution in [2.24, 2.45) is 5.92 Å². The fraction of sp³-hybridized carbons (Fsp3) is 0.500. The van der Waals surface area contributed by atoms with E-state index in [4.69, 9.17) is 4.74 Å². The molecule has 0 spiro atoms. The second-order valence-corrected chi connectivity index (χ2v) is 4.82. The Hall–Kier alpha value is -1.52. The zero-order valence-corrected chi connectivity index (χ0v) is 10.6. The summed E-state index contributed by atoms with van der Waals surface area (Å²) in [4.78, 5) is 12.2. The maximum Gasteiger partial charge on any atom is 0.248 e.